The molecule has 2 rings (SSSR count). The van der Waals surface area contributed by atoms with Crippen LogP contribution < -0.4 is 11.1 Å². The number of benzene rings is 1. The second-order valence-electron chi connectivity index (χ2n) is 3.85. The highest BCUT2D eigenvalue weighted by atomic mass is 35.5. The number of nitrogen functional groups attached to an aromatic ring is 1. The van der Waals surface area contributed by atoms with Crippen molar-refractivity contribution in [3.8, 4) is 0 Å². The number of aromatic nitrogens is 1. The number of thiazole rings is 1. The molecular weight excluding hydrogens is 270 g/mol. The molecule has 3 N–H and O–H groups in total. The Balaban J connectivity index is 2.19. The van der Waals surface area contributed by atoms with Crippen LogP contribution in [0.15, 0.2) is 18.2 Å². The van der Waals surface area contributed by atoms with E-state index in [0.717, 1.165) is 10.6 Å². The summed E-state index contributed by atoms with van der Waals surface area (Å²) in [5.74, 6) is -0.243. The van der Waals surface area contributed by atoms with Crippen molar-refractivity contribution in [1.29, 1.82) is 0 Å². The van der Waals surface area contributed by atoms with Gasteiger partial charge in [0.1, 0.15) is 0 Å². The average Bonchev–Trinajstić information content (AvgIpc) is 2.61. The molecule has 1 aromatic carbocycles. The van der Waals surface area contributed by atoms with Gasteiger partial charge in [-0.25, -0.2) is 4.98 Å². The van der Waals surface area contributed by atoms with E-state index >= 15 is 0 Å². The van der Waals surface area contributed by atoms with Crippen LogP contribution in [0.5, 0.6) is 0 Å². The summed E-state index contributed by atoms with van der Waals surface area (Å²) in [7, 11) is 0. The van der Waals surface area contributed by atoms with Gasteiger partial charge >= 0.3 is 0 Å². The number of nitrogens with two attached hydrogens (primary N) is 1. The second-order valence-corrected chi connectivity index (χ2v) is 5.46. The Labute approximate surface area is 114 Å². The van der Waals surface area contributed by atoms with Crippen molar-refractivity contribution in [1.82, 2.24) is 4.98 Å². The Morgan fingerprint density at radius 3 is 2.72 bits per heavy atom. The molecule has 1 aromatic heterocycles. The third-order valence-corrected chi connectivity index (χ3v) is 3.84. The molecule has 0 fully saturated rings. The molecule has 0 bridgehead atoms. The first kappa shape index (κ1) is 12.9. The van der Waals surface area contributed by atoms with Gasteiger partial charge in [0, 0.05) is 10.4 Å². The zero-order valence-corrected chi connectivity index (χ0v) is 11.5. The molecule has 0 saturated heterocycles. The number of amides is 1. The quantitative estimate of drug-likeness (QED) is 0.830. The maximum atomic E-state index is 12.0. The van der Waals surface area contributed by atoms with Gasteiger partial charge in [0.05, 0.1) is 16.4 Å². The molecule has 0 atom stereocenters. The zero-order chi connectivity index (χ0) is 13.3. The fourth-order valence-electron chi connectivity index (χ4n) is 1.38. The number of carbonyl (C=O) groups excluding carboxylic acids is 1. The van der Waals surface area contributed by atoms with Crippen molar-refractivity contribution in [3.63, 3.8) is 0 Å². The van der Waals surface area contributed by atoms with Crippen LogP contribution >= 0.6 is 22.9 Å². The van der Waals surface area contributed by atoms with Crippen LogP contribution in [0.3, 0.4) is 0 Å². The van der Waals surface area contributed by atoms with Crippen molar-refractivity contribution in [2.45, 2.75) is 13.8 Å². The van der Waals surface area contributed by atoms with E-state index in [1.807, 2.05) is 13.8 Å². The molecule has 2 aromatic rings. The van der Waals surface area contributed by atoms with Gasteiger partial charge in [0.2, 0.25) is 0 Å². The summed E-state index contributed by atoms with van der Waals surface area (Å²) in [6.45, 7) is 3.87. The van der Waals surface area contributed by atoms with Crippen molar-refractivity contribution in [3.05, 3.63) is 39.4 Å². The fraction of sp³-hybridized carbons (Fsp3) is 0.167. The van der Waals surface area contributed by atoms with Crippen LogP contribution in [-0.2, 0) is 0 Å². The Morgan fingerprint density at radius 2 is 2.17 bits per heavy atom. The third-order valence-electron chi connectivity index (χ3n) is 2.51. The molecule has 0 spiro atoms. The number of nitrogens with zero attached hydrogens (tertiary/aromatic N) is 1. The molecule has 0 aliphatic rings. The Hall–Kier alpha value is -1.59. The number of carbonyl (C=O) groups is 1. The SMILES string of the molecule is Cc1nc(NC(=O)c2ccc(Cl)c(N)c2)sc1C. The van der Waals surface area contributed by atoms with Gasteiger partial charge in [-0.15, -0.1) is 11.3 Å². The summed E-state index contributed by atoms with van der Waals surface area (Å²) in [6.07, 6.45) is 0. The summed E-state index contributed by atoms with van der Waals surface area (Å²) in [5, 5.41) is 3.76. The summed E-state index contributed by atoms with van der Waals surface area (Å²) in [4.78, 5) is 17.3. The number of aryl methyl sites for hydroxylation is 2. The van der Waals surface area contributed by atoms with Crippen LogP contribution in [0, 0.1) is 13.8 Å². The van der Waals surface area contributed by atoms with Crippen molar-refractivity contribution in [2.24, 2.45) is 0 Å². The van der Waals surface area contributed by atoms with Gasteiger partial charge in [-0.3, -0.25) is 10.1 Å². The molecule has 4 nitrogen and oxygen atoms in total. The fourth-order valence-corrected chi connectivity index (χ4v) is 2.31. The minimum atomic E-state index is -0.243. The number of hydrogen-bond acceptors (Lipinski definition) is 4. The lowest BCUT2D eigenvalue weighted by Crippen LogP contribution is -2.12. The molecule has 0 aliphatic heterocycles. The number of nitrogens with one attached hydrogen (secondary N) is 1. The van der Waals surface area contributed by atoms with Gasteiger partial charge < -0.3 is 5.73 Å². The van der Waals surface area contributed by atoms with Crippen LogP contribution in [0.4, 0.5) is 10.8 Å². The Morgan fingerprint density at radius 1 is 1.44 bits per heavy atom. The van der Waals surface area contributed by atoms with Crippen LogP contribution in [0.2, 0.25) is 5.02 Å². The van der Waals surface area contributed by atoms with E-state index in [1.165, 1.54) is 11.3 Å². The minimum Gasteiger partial charge on any atom is -0.398 e. The van der Waals surface area contributed by atoms with E-state index in [9.17, 15) is 4.79 Å². The zero-order valence-electron chi connectivity index (χ0n) is 9.95. The third kappa shape index (κ3) is 2.63. The highest BCUT2D eigenvalue weighted by molar-refractivity contribution is 7.15. The summed E-state index contributed by atoms with van der Waals surface area (Å²) in [6, 6.07) is 4.77. The average molecular weight is 282 g/mol. The molecule has 0 saturated carbocycles. The monoisotopic (exact) mass is 281 g/mol. The lowest BCUT2D eigenvalue weighted by molar-refractivity contribution is 0.102. The maximum absolute atomic E-state index is 12.0. The summed E-state index contributed by atoms with van der Waals surface area (Å²) in [5.41, 5.74) is 7.42. The van der Waals surface area contributed by atoms with Crippen molar-refractivity contribution in [2.75, 3.05) is 11.1 Å². The van der Waals surface area contributed by atoms with E-state index < -0.39 is 0 Å². The molecule has 6 heteroatoms. The molecule has 0 radical (unpaired) electrons. The summed E-state index contributed by atoms with van der Waals surface area (Å²) < 4.78 is 0. The Bertz CT molecular complexity index is 590. The van der Waals surface area contributed by atoms with Gasteiger partial charge in [0.25, 0.3) is 5.91 Å². The smallest absolute Gasteiger partial charge is 0.257 e. The van der Waals surface area contributed by atoms with Gasteiger partial charge in [0.15, 0.2) is 5.13 Å². The molecule has 94 valence electrons. The second kappa shape index (κ2) is 4.96. The summed E-state index contributed by atoms with van der Waals surface area (Å²) >= 11 is 7.25. The molecule has 18 heavy (non-hydrogen) atoms. The topological polar surface area (TPSA) is 68.0 Å². The lowest BCUT2D eigenvalue weighted by Gasteiger charge is -2.03. The molecular formula is C12H12ClN3OS. The van der Waals surface area contributed by atoms with Crippen LogP contribution in [0.25, 0.3) is 0 Å². The Kier molecular flexibility index (Phi) is 3.54. The van der Waals surface area contributed by atoms with Crippen molar-refractivity contribution < 1.29 is 4.79 Å². The van der Waals surface area contributed by atoms with Crippen molar-refractivity contribution >= 4 is 39.7 Å². The predicted molar refractivity (Wildman–Crippen MR) is 75.4 cm³/mol. The van der Waals surface area contributed by atoms with E-state index in [0.29, 0.717) is 21.4 Å². The standard InChI is InChI=1S/C12H12ClN3OS/c1-6-7(2)18-12(15-6)16-11(17)8-3-4-9(13)10(14)5-8/h3-5H,14H2,1-2H3,(H,15,16,17). The number of anilines is 2. The molecule has 1 heterocycles. The minimum absolute atomic E-state index is 0.243. The predicted octanol–water partition coefficient (Wildman–Crippen LogP) is 3.25. The molecule has 0 unspecified atom stereocenters. The molecule has 0 aliphatic carbocycles. The first-order valence-electron chi connectivity index (χ1n) is 5.28. The van der Waals surface area contributed by atoms with E-state index in [2.05, 4.69) is 10.3 Å². The van der Waals surface area contributed by atoms with Crippen LogP contribution in [0.1, 0.15) is 20.9 Å². The van der Waals surface area contributed by atoms with Gasteiger partial charge in [-0.2, -0.15) is 0 Å². The maximum Gasteiger partial charge on any atom is 0.257 e. The van der Waals surface area contributed by atoms with Gasteiger partial charge in [-0.05, 0) is 32.0 Å². The van der Waals surface area contributed by atoms with E-state index in [-0.39, 0.29) is 5.91 Å². The number of rotatable bonds is 2. The number of hydrogen-bond donors (Lipinski definition) is 2. The highest BCUT2D eigenvalue weighted by Gasteiger charge is 2.11. The van der Waals surface area contributed by atoms with E-state index in [4.69, 9.17) is 17.3 Å². The molecule has 1 amide bonds. The number of halogens is 1. The highest BCUT2D eigenvalue weighted by Crippen LogP contribution is 2.23. The normalized spacial score (nSPS) is 10.4. The lowest BCUT2D eigenvalue weighted by atomic mass is 10.2. The first-order valence-corrected chi connectivity index (χ1v) is 6.47. The van der Waals surface area contributed by atoms with Crippen LogP contribution in [-0.4, -0.2) is 10.9 Å². The largest absolute Gasteiger partial charge is 0.398 e. The first-order chi connectivity index (χ1) is 8.47. The van der Waals surface area contributed by atoms with Gasteiger partial charge in [-0.1, -0.05) is 11.6 Å². The van der Waals surface area contributed by atoms with E-state index in [1.54, 1.807) is 18.2 Å².